The molecular weight excluding hydrogens is 414 g/mol. The van der Waals surface area contributed by atoms with Crippen LogP contribution in [-0.2, 0) is 12.1 Å². The van der Waals surface area contributed by atoms with Gasteiger partial charge in [0.05, 0.1) is 24.5 Å². The second-order valence-electron chi connectivity index (χ2n) is 7.60. The lowest BCUT2D eigenvalue weighted by atomic mass is 9.85. The Morgan fingerprint density at radius 1 is 1.26 bits per heavy atom. The predicted molar refractivity (Wildman–Crippen MR) is 103 cm³/mol. The van der Waals surface area contributed by atoms with Crippen LogP contribution in [0.1, 0.15) is 24.0 Å². The minimum Gasteiger partial charge on any atom is -0.310 e. The van der Waals surface area contributed by atoms with Crippen molar-refractivity contribution in [2.75, 3.05) is 5.32 Å². The zero-order valence-corrected chi connectivity index (χ0v) is 15.9. The van der Waals surface area contributed by atoms with E-state index in [0.29, 0.717) is 18.4 Å². The molecule has 2 aliphatic rings. The van der Waals surface area contributed by atoms with Crippen molar-refractivity contribution in [1.29, 1.82) is 0 Å². The van der Waals surface area contributed by atoms with E-state index in [1.807, 2.05) is 5.32 Å². The fraction of sp³-hybridized carbons (Fsp3) is 0.286. The highest BCUT2D eigenvalue weighted by Crippen LogP contribution is 2.45. The minimum atomic E-state index is -4.95. The van der Waals surface area contributed by atoms with Gasteiger partial charge in [-0.3, -0.25) is 9.67 Å². The Balaban J connectivity index is 1.61. The monoisotopic (exact) mass is 429 g/mol. The van der Waals surface area contributed by atoms with Crippen LogP contribution in [0.25, 0.3) is 10.9 Å². The Morgan fingerprint density at radius 2 is 2.06 bits per heavy atom. The summed E-state index contributed by atoms with van der Waals surface area (Å²) in [5.41, 5.74) is -2.88. The van der Waals surface area contributed by atoms with Gasteiger partial charge in [-0.15, -0.1) is 0 Å². The lowest BCUT2D eigenvalue weighted by Gasteiger charge is -2.37. The smallest absolute Gasteiger partial charge is 0.310 e. The summed E-state index contributed by atoms with van der Waals surface area (Å²) in [6.45, 7) is -0.0512. The van der Waals surface area contributed by atoms with Crippen LogP contribution >= 0.6 is 0 Å². The molecule has 3 heterocycles. The van der Waals surface area contributed by atoms with Crippen LogP contribution < -0.4 is 10.6 Å². The molecule has 0 spiro atoms. The minimum absolute atomic E-state index is 0.0512. The molecule has 1 atom stereocenters. The molecule has 0 unspecified atom stereocenters. The third-order valence-electron chi connectivity index (χ3n) is 5.37. The Bertz CT molecular complexity index is 1270. The number of carbonyl (C=O) groups excluding carboxylic acids is 1. The van der Waals surface area contributed by atoms with Gasteiger partial charge in [-0.1, -0.05) is 11.8 Å². The molecule has 1 aromatic carbocycles. The number of hydrogen-bond acceptors (Lipinski definition) is 3. The quantitative estimate of drug-likeness (QED) is 0.479. The van der Waals surface area contributed by atoms with Crippen molar-refractivity contribution < 1.29 is 22.4 Å². The first-order chi connectivity index (χ1) is 14.8. The maximum Gasteiger partial charge on any atom is 0.427 e. The second kappa shape index (κ2) is 6.70. The van der Waals surface area contributed by atoms with E-state index in [9.17, 15) is 22.4 Å². The summed E-state index contributed by atoms with van der Waals surface area (Å²) in [5.74, 6) is 3.78. The summed E-state index contributed by atoms with van der Waals surface area (Å²) in [6.07, 6.45) is 1.21. The highest BCUT2D eigenvalue weighted by atomic mass is 19.4. The average Bonchev–Trinajstić information content (AvgIpc) is 3.46. The van der Waals surface area contributed by atoms with Crippen molar-refractivity contribution in [2.24, 2.45) is 5.92 Å². The Hall–Kier alpha value is -3.61. The predicted octanol–water partition coefficient (Wildman–Crippen LogP) is 3.92. The first-order valence-electron chi connectivity index (χ1n) is 9.54. The number of halogens is 4. The Morgan fingerprint density at radius 3 is 2.81 bits per heavy atom. The van der Waals surface area contributed by atoms with Gasteiger partial charge in [0.25, 0.3) is 0 Å². The molecule has 2 amide bonds. The first kappa shape index (κ1) is 19.4. The second-order valence-corrected chi connectivity index (χ2v) is 7.60. The normalized spacial score (nSPS) is 20.5. The lowest BCUT2D eigenvalue weighted by Crippen LogP contribution is -2.59. The van der Waals surface area contributed by atoms with Crippen molar-refractivity contribution in [2.45, 2.75) is 31.1 Å². The van der Waals surface area contributed by atoms with Gasteiger partial charge in [0.1, 0.15) is 5.82 Å². The van der Waals surface area contributed by atoms with Gasteiger partial charge in [-0.05, 0) is 31.0 Å². The number of rotatable bonds is 2. The number of benzene rings is 1. The van der Waals surface area contributed by atoms with Gasteiger partial charge >= 0.3 is 12.2 Å². The molecule has 2 N–H and O–H groups in total. The van der Waals surface area contributed by atoms with E-state index in [1.165, 1.54) is 10.7 Å². The van der Waals surface area contributed by atoms with E-state index in [0.717, 1.165) is 11.5 Å². The Labute approximate surface area is 173 Å². The van der Waals surface area contributed by atoms with Gasteiger partial charge in [0.15, 0.2) is 0 Å². The molecule has 2 aromatic heterocycles. The van der Waals surface area contributed by atoms with Crippen molar-refractivity contribution in [1.82, 2.24) is 20.1 Å². The molecule has 1 fully saturated rings. The van der Waals surface area contributed by atoms with E-state index in [2.05, 4.69) is 27.2 Å². The zero-order valence-electron chi connectivity index (χ0n) is 15.9. The number of nitrogens with one attached hydrogen (secondary N) is 2. The number of fused-ring (bicyclic) bond motifs is 2. The fourth-order valence-electron chi connectivity index (χ4n) is 3.58. The summed E-state index contributed by atoms with van der Waals surface area (Å²) in [4.78, 5) is 16.1. The van der Waals surface area contributed by atoms with E-state index < -0.39 is 29.1 Å². The standard InChI is InChI=1S/C21H15F4N5O/c22-16-8-15-17(7-14(16)11-30-18-10-26-6-4-13(18)9-27-30)28-19(31)29-20(15,21(23,24)25)5-3-12-1-2-12/h4,6-10,12H,1-2,11H2,(H2,28,29,31)/t20-/m0/s1. The molecule has 10 heteroatoms. The molecule has 0 radical (unpaired) electrons. The van der Waals surface area contributed by atoms with Crippen LogP contribution in [0, 0.1) is 23.6 Å². The number of urea groups is 1. The molecule has 31 heavy (non-hydrogen) atoms. The van der Waals surface area contributed by atoms with Crippen LogP contribution in [0.4, 0.5) is 28.0 Å². The topological polar surface area (TPSA) is 71.8 Å². The number of amides is 2. The summed E-state index contributed by atoms with van der Waals surface area (Å²) in [5, 5.41) is 9.21. The number of carbonyl (C=O) groups is 1. The molecule has 0 saturated heterocycles. The first-order valence-corrected chi connectivity index (χ1v) is 9.54. The number of aromatic nitrogens is 3. The summed E-state index contributed by atoms with van der Waals surface area (Å²) in [6, 6.07) is 2.67. The highest BCUT2D eigenvalue weighted by molar-refractivity contribution is 5.95. The van der Waals surface area contributed by atoms with Crippen molar-refractivity contribution in [3.05, 3.63) is 53.7 Å². The van der Waals surface area contributed by atoms with Crippen LogP contribution in [0.15, 0.2) is 36.8 Å². The highest BCUT2D eigenvalue weighted by Gasteiger charge is 2.59. The molecule has 5 rings (SSSR count). The van der Waals surface area contributed by atoms with Crippen LogP contribution in [0.3, 0.4) is 0 Å². The van der Waals surface area contributed by atoms with Gasteiger partial charge in [0.2, 0.25) is 5.54 Å². The van der Waals surface area contributed by atoms with Gasteiger partial charge in [0, 0.05) is 34.3 Å². The number of anilines is 1. The van der Waals surface area contributed by atoms with Crippen LogP contribution in [0.2, 0.25) is 0 Å². The molecular formula is C21H15F4N5O. The van der Waals surface area contributed by atoms with Crippen molar-refractivity contribution >= 4 is 22.6 Å². The average molecular weight is 429 g/mol. The third-order valence-corrected chi connectivity index (χ3v) is 5.37. The van der Waals surface area contributed by atoms with E-state index in [-0.39, 0.29) is 23.7 Å². The Kier molecular flexibility index (Phi) is 4.18. The van der Waals surface area contributed by atoms with Gasteiger partial charge < -0.3 is 10.6 Å². The third kappa shape index (κ3) is 3.26. The molecule has 1 aliphatic carbocycles. The molecule has 0 bridgehead atoms. The molecule has 1 aliphatic heterocycles. The fourth-order valence-corrected chi connectivity index (χ4v) is 3.58. The number of pyridine rings is 1. The maximum atomic E-state index is 15.0. The number of nitrogens with zero attached hydrogens (tertiary/aromatic N) is 3. The van der Waals surface area contributed by atoms with E-state index in [1.54, 1.807) is 24.7 Å². The summed E-state index contributed by atoms with van der Waals surface area (Å²) in [7, 11) is 0. The maximum absolute atomic E-state index is 15.0. The molecule has 3 aromatic rings. The van der Waals surface area contributed by atoms with Gasteiger partial charge in [-0.2, -0.15) is 18.3 Å². The van der Waals surface area contributed by atoms with E-state index in [4.69, 9.17) is 0 Å². The SMILES string of the molecule is O=C1Nc2cc(Cn3ncc4ccncc43)c(F)cc2[C@@](C#CC2CC2)(C(F)(F)F)N1. The van der Waals surface area contributed by atoms with Gasteiger partial charge in [-0.25, -0.2) is 9.18 Å². The summed E-state index contributed by atoms with van der Waals surface area (Å²) < 4.78 is 58.9. The number of hydrogen-bond donors (Lipinski definition) is 2. The molecule has 1 saturated carbocycles. The summed E-state index contributed by atoms with van der Waals surface area (Å²) >= 11 is 0. The zero-order chi connectivity index (χ0) is 21.8. The molecule has 6 nitrogen and oxygen atoms in total. The lowest BCUT2D eigenvalue weighted by molar-refractivity contribution is -0.178. The largest absolute Gasteiger partial charge is 0.427 e. The van der Waals surface area contributed by atoms with Crippen molar-refractivity contribution in [3.63, 3.8) is 0 Å². The van der Waals surface area contributed by atoms with Crippen LogP contribution in [-0.4, -0.2) is 27.0 Å². The van der Waals surface area contributed by atoms with Crippen molar-refractivity contribution in [3.8, 4) is 11.8 Å². The van der Waals surface area contributed by atoms with Crippen LogP contribution in [0.5, 0.6) is 0 Å². The number of alkyl halides is 3. The van der Waals surface area contributed by atoms with E-state index >= 15 is 0 Å². The molecule has 158 valence electrons.